The van der Waals surface area contributed by atoms with Crippen LogP contribution in [0.3, 0.4) is 0 Å². The van der Waals surface area contributed by atoms with Gasteiger partial charge in [0.1, 0.15) is 0 Å². The largest absolute Gasteiger partial charge is 0.416 e. The minimum atomic E-state index is -5.00. The molecule has 2 aromatic rings. The molecule has 0 radical (unpaired) electrons. The quantitative estimate of drug-likeness (QED) is 0.533. The number of amides is 2. The summed E-state index contributed by atoms with van der Waals surface area (Å²) < 4.78 is 79.4. The molecule has 1 aromatic carbocycles. The predicted octanol–water partition coefficient (Wildman–Crippen LogP) is 5.28. The van der Waals surface area contributed by atoms with E-state index in [1.54, 1.807) is 29.9 Å². The summed E-state index contributed by atoms with van der Waals surface area (Å²) in [6.07, 6.45) is -6.85. The molecule has 0 aliphatic carbocycles. The maximum Gasteiger partial charge on any atom is 0.416 e. The summed E-state index contributed by atoms with van der Waals surface area (Å²) in [5, 5.41) is 2.11. The minimum Gasteiger partial charge on any atom is -0.353 e. The fourth-order valence-electron chi connectivity index (χ4n) is 2.46. The molecule has 0 atom stereocenters. The number of benzene rings is 1. The van der Waals surface area contributed by atoms with E-state index >= 15 is 0 Å². The van der Waals surface area contributed by atoms with Gasteiger partial charge in [-0.25, -0.2) is 4.79 Å². The van der Waals surface area contributed by atoms with Gasteiger partial charge in [-0.2, -0.15) is 26.3 Å². The van der Waals surface area contributed by atoms with Crippen molar-refractivity contribution in [3.05, 3.63) is 66.0 Å². The summed E-state index contributed by atoms with van der Waals surface area (Å²) in [5.74, 6) is 0. The number of aryl methyl sites for hydroxylation is 1. The van der Waals surface area contributed by atoms with Gasteiger partial charge in [0.2, 0.25) is 0 Å². The lowest BCUT2D eigenvalue weighted by atomic mass is 10.1. The van der Waals surface area contributed by atoms with E-state index in [1.165, 1.54) is 11.0 Å². The first kappa shape index (κ1) is 21.4. The summed E-state index contributed by atoms with van der Waals surface area (Å²) in [5.41, 5.74) is -2.89. The van der Waals surface area contributed by atoms with Crippen LogP contribution in [-0.4, -0.2) is 22.0 Å². The Hall–Kier alpha value is -2.91. The van der Waals surface area contributed by atoms with E-state index in [-0.39, 0.29) is 19.2 Å². The highest BCUT2D eigenvalue weighted by atomic mass is 19.4. The molecule has 0 bridgehead atoms. The third kappa shape index (κ3) is 5.30. The third-order valence-corrected chi connectivity index (χ3v) is 3.88. The van der Waals surface area contributed by atoms with Crippen LogP contribution in [0, 0.1) is 0 Å². The summed E-state index contributed by atoms with van der Waals surface area (Å²) in [7, 11) is 1.74. The first-order valence-electron chi connectivity index (χ1n) is 7.98. The molecule has 2 rings (SSSR count). The van der Waals surface area contributed by atoms with Gasteiger partial charge in [0, 0.05) is 31.2 Å². The van der Waals surface area contributed by atoms with Gasteiger partial charge in [-0.15, -0.1) is 6.58 Å². The number of carbonyl (C=O) groups excluding carboxylic acids is 1. The fraction of sp³-hybridized carbons (Fsp3) is 0.278. The van der Waals surface area contributed by atoms with E-state index in [0.717, 1.165) is 5.69 Å². The van der Waals surface area contributed by atoms with Crippen LogP contribution in [0.25, 0.3) is 0 Å². The van der Waals surface area contributed by atoms with Gasteiger partial charge in [-0.3, -0.25) is 0 Å². The van der Waals surface area contributed by atoms with Crippen LogP contribution in [0.1, 0.15) is 16.8 Å². The number of nitrogens with one attached hydrogen (secondary N) is 1. The molecule has 1 N–H and O–H groups in total. The zero-order chi connectivity index (χ0) is 21.1. The molecular formula is C18H17F6N3O. The van der Waals surface area contributed by atoms with Crippen molar-refractivity contribution in [1.29, 1.82) is 0 Å². The number of urea groups is 1. The first-order chi connectivity index (χ1) is 12.9. The van der Waals surface area contributed by atoms with Crippen molar-refractivity contribution in [2.24, 2.45) is 7.05 Å². The topological polar surface area (TPSA) is 37.3 Å². The monoisotopic (exact) mass is 405 g/mol. The van der Waals surface area contributed by atoms with E-state index in [0.29, 0.717) is 12.1 Å². The Labute approximate surface area is 157 Å². The van der Waals surface area contributed by atoms with E-state index in [2.05, 4.69) is 11.9 Å². The Bertz CT molecular complexity index is 821. The molecule has 1 heterocycles. The summed E-state index contributed by atoms with van der Waals surface area (Å²) in [6, 6.07) is 3.54. The molecule has 0 aliphatic heterocycles. The van der Waals surface area contributed by atoms with Crippen molar-refractivity contribution in [2.45, 2.75) is 18.9 Å². The number of halogens is 6. The normalized spacial score (nSPS) is 12.0. The van der Waals surface area contributed by atoms with Gasteiger partial charge < -0.3 is 14.8 Å². The van der Waals surface area contributed by atoms with Gasteiger partial charge in [0.05, 0.1) is 17.7 Å². The number of hydrogen-bond donors (Lipinski definition) is 1. The highest BCUT2D eigenvalue weighted by Crippen LogP contribution is 2.37. The highest BCUT2D eigenvalue weighted by molar-refractivity contribution is 5.89. The van der Waals surface area contributed by atoms with Gasteiger partial charge in [-0.05, 0) is 30.3 Å². The van der Waals surface area contributed by atoms with Gasteiger partial charge in [-0.1, -0.05) is 6.08 Å². The molecule has 0 aliphatic rings. The van der Waals surface area contributed by atoms with Crippen molar-refractivity contribution in [1.82, 2.24) is 9.47 Å². The van der Waals surface area contributed by atoms with Crippen molar-refractivity contribution in [3.8, 4) is 0 Å². The summed E-state index contributed by atoms with van der Waals surface area (Å²) in [4.78, 5) is 13.7. The lowest BCUT2D eigenvalue weighted by Gasteiger charge is -2.23. The van der Waals surface area contributed by atoms with Crippen LogP contribution in [0.4, 0.5) is 36.8 Å². The smallest absolute Gasteiger partial charge is 0.353 e. The Balaban J connectivity index is 2.32. The van der Waals surface area contributed by atoms with Crippen LogP contribution in [0.15, 0.2) is 49.2 Å². The summed E-state index contributed by atoms with van der Waals surface area (Å²) in [6.45, 7) is 3.64. The van der Waals surface area contributed by atoms with Crippen molar-refractivity contribution in [3.63, 3.8) is 0 Å². The second-order valence-corrected chi connectivity index (χ2v) is 6.00. The molecule has 28 heavy (non-hydrogen) atoms. The molecule has 0 unspecified atom stereocenters. The number of carbonyl (C=O) groups is 1. The van der Waals surface area contributed by atoms with Crippen LogP contribution < -0.4 is 5.32 Å². The lowest BCUT2D eigenvalue weighted by molar-refractivity contribution is -0.143. The second kappa shape index (κ2) is 7.99. The Morgan fingerprint density at radius 3 is 2.14 bits per heavy atom. The third-order valence-electron chi connectivity index (χ3n) is 3.88. The number of rotatable bonds is 5. The number of aromatic nitrogens is 1. The number of alkyl halides is 6. The zero-order valence-corrected chi connectivity index (χ0v) is 14.7. The maximum atomic E-state index is 12.9. The molecule has 0 saturated carbocycles. The highest BCUT2D eigenvalue weighted by Gasteiger charge is 2.37. The number of anilines is 1. The van der Waals surface area contributed by atoms with E-state index < -0.39 is 35.2 Å². The fourth-order valence-corrected chi connectivity index (χ4v) is 2.46. The number of hydrogen-bond acceptors (Lipinski definition) is 1. The molecule has 0 saturated heterocycles. The van der Waals surface area contributed by atoms with Crippen molar-refractivity contribution in [2.75, 3.05) is 11.9 Å². The summed E-state index contributed by atoms with van der Waals surface area (Å²) >= 11 is 0. The zero-order valence-electron chi connectivity index (χ0n) is 14.7. The maximum absolute atomic E-state index is 12.9. The predicted molar refractivity (Wildman–Crippen MR) is 91.5 cm³/mol. The minimum absolute atomic E-state index is 0.00113. The Morgan fingerprint density at radius 1 is 1.14 bits per heavy atom. The average Bonchev–Trinajstić information content (AvgIpc) is 2.97. The molecule has 0 spiro atoms. The molecule has 1 aromatic heterocycles. The molecule has 2 amide bonds. The molecule has 0 fully saturated rings. The van der Waals surface area contributed by atoms with Gasteiger partial charge in [0.25, 0.3) is 0 Å². The SMILES string of the molecule is C=CCN(Cc1cccn1C)C(=O)Nc1cc(C(F)(F)F)cc(C(F)(F)F)c1. The van der Waals surface area contributed by atoms with Crippen molar-refractivity contribution < 1.29 is 31.1 Å². The van der Waals surface area contributed by atoms with Crippen LogP contribution in [0.5, 0.6) is 0 Å². The number of nitrogens with zero attached hydrogens (tertiary/aromatic N) is 2. The van der Waals surface area contributed by atoms with E-state index in [1.807, 2.05) is 0 Å². The lowest BCUT2D eigenvalue weighted by Crippen LogP contribution is -2.35. The van der Waals surface area contributed by atoms with Crippen molar-refractivity contribution >= 4 is 11.7 Å². The Kier molecular flexibility index (Phi) is 6.10. The van der Waals surface area contributed by atoms with Crippen LogP contribution >= 0.6 is 0 Å². The first-order valence-corrected chi connectivity index (χ1v) is 7.98. The second-order valence-electron chi connectivity index (χ2n) is 6.00. The standard InChI is InChI=1S/C18H17F6N3O/c1-3-6-27(11-15-5-4-7-26(15)2)16(28)25-14-9-12(17(19,20)21)8-13(10-14)18(22,23)24/h3-5,7-10H,1,6,11H2,2H3,(H,25,28). The van der Waals surface area contributed by atoms with Crippen LogP contribution in [-0.2, 0) is 25.9 Å². The van der Waals surface area contributed by atoms with Crippen LogP contribution in [0.2, 0.25) is 0 Å². The van der Waals surface area contributed by atoms with Gasteiger partial charge in [0.15, 0.2) is 0 Å². The van der Waals surface area contributed by atoms with E-state index in [4.69, 9.17) is 0 Å². The van der Waals surface area contributed by atoms with E-state index in [9.17, 15) is 31.1 Å². The Morgan fingerprint density at radius 2 is 1.71 bits per heavy atom. The van der Waals surface area contributed by atoms with Gasteiger partial charge >= 0.3 is 18.4 Å². The molecule has 10 heteroatoms. The molecular weight excluding hydrogens is 388 g/mol. The molecule has 4 nitrogen and oxygen atoms in total. The average molecular weight is 405 g/mol. The molecule has 152 valence electrons.